The SMILES string of the molecule is O=c1[nH]c(C2CCCCS2)nc2c1COCC2. The highest BCUT2D eigenvalue weighted by Crippen LogP contribution is 2.36. The lowest BCUT2D eigenvalue weighted by atomic mass is 10.1. The Morgan fingerprint density at radius 1 is 1.41 bits per heavy atom. The molecule has 0 amide bonds. The van der Waals surface area contributed by atoms with Crippen molar-refractivity contribution in [3.63, 3.8) is 0 Å². The highest BCUT2D eigenvalue weighted by molar-refractivity contribution is 7.99. The molecule has 5 heteroatoms. The lowest BCUT2D eigenvalue weighted by Gasteiger charge is -2.22. The molecule has 3 rings (SSSR count). The third kappa shape index (κ3) is 2.26. The molecular weight excluding hydrogens is 236 g/mol. The minimum atomic E-state index is -0.00382. The summed E-state index contributed by atoms with van der Waals surface area (Å²) in [4.78, 5) is 19.5. The highest BCUT2D eigenvalue weighted by Gasteiger charge is 2.22. The second kappa shape index (κ2) is 4.82. The van der Waals surface area contributed by atoms with Crippen molar-refractivity contribution in [2.45, 2.75) is 37.5 Å². The molecule has 4 nitrogen and oxygen atoms in total. The minimum absolute atomic E-state index is 0.00382. The largest absolute Gasteiger partial charge is 0.376 e. The Bertz CT molecular complexity index is 466. The summed E-state index contributed by atoms with van der Waals surface area (Å²) in [6.07, 6.45) is 4.41. The zero-order valence-electron chi connectivity index (χ0n) is 9.70. The van der Waals surface area contributed by atoms with E-state index in [1.807, 2.05) is 11.8 Å². The molecule has 1 saturated heterocycles. The summed E-state index contributed by atoms with van der Waals surface area (Å²) in [5, 5.41) is 0.379. The van der Waals surface area contributed by atoms with Crippen molar-refractivity contribution in [1.29, 1.82) is 0 Å². The van der Waals surface area contributed by atoms with Gasteiger partial charge in [0.1, 0.15) is 5.82 Å². The number of ether oxygens (including phenoxy) is 1. The van der Waals surface area contributed by atoms with Crippen LogP contribution in [0.4, 0.5) is 0 Å². The third-order valence-electron chi connectivity index (χ3n) is 3.33. The number of thioether (sulfide) groups is 1. The van der Waals surface area contributed by atoms with Crippen LogP contribution < -0.4 is 5.56 Å². The first-order valence-corrected chi connectivity index (χ1v) is 7.21. The predicted octanol–water partition coefficient (Wildman–Crippen LogP) is 1.80. The van der Waals surface area contributed by atoms with Crippen molar-refractivity contribution >= 4 is 11.8 Å². The van der Waals surface area contributed by atoms with Crippen molar-refractivity contribution in [2.75, 3.05) is 12.4 Å². The maximum absolute atomic E-state index is 11.9. The number of fused-ring (bicyclic) bond motifs is 1. The van der Waals surface area contributed by atoms with E-state index in [4.69, 9.17) is 4.74 Å². The van der Waals surface area contributed by atoms with E-state index in [2.05, 4.69) is 9.97 Å². The van der Waals surface area contributed by atoms with Crippen molar-refractivity contribution < 1.29 is 4.74 Å². The summed E-state index contributed by atoms with van der Waals surface area (Å²) in [6, 6.07) is 0. The van der Waals surface area contributed by atoms with Crippen molar-refractivity contribution in [1.82, 2.24) is 9.97 Å². The summed E-state index contributed by atoms with van der Waals surface area (Å²) >= 11 is 1.91. The van der Waals surface area contributed by atoms with Crippen LogP contribution in [0.25, 0.3) is 0 Å². The molecule has 0 saturated carbocycles. The maximum atomic E-state index is 11.9. The molecule has 0 bridgehead atoms. The molecule has 1 N–H and O–H groups in total. The lowest BCUT2D eigenvalue weighted by molar-refractivity contribution is 0.108. The number of hydrogen-bond donors (Lipinski definition) is 1. The van der Waals surface area contributed by atoms with Gasteiger partial charge >= 0.3 is 0 Å². The molecule has 1 aromatic rings. The fourth-order valence-corrected chi connectivity index (χ4v) is 3.63. The summed E-state index contributed by atoms with van der Waals surface area (Å²) in [7, 11) is 0. The molecule has 17 heavy (non-hydrogen) atoms. The smallest absolute Gasteiger partial charge is 0.256 e. The van der Waals surface area contributed by atoms with Gasteiger partial charge in [-0.05, 0) is 18.6 Å². The van der Waals surface area contributed by atoms with E-state index in [1.165, 1.54) is 18.6 Å². The average Bonchev–Trinajstić information content (AvgIpc) is 2.40. The molecule has 1 fully saturated rings. The van der Waals surface area contributed by atoms with Crippen LogP contribution in [-0.4, -0.2) is 22.3 Å². The van der Waals surface area contributed by atoms with Crippen LogP contribution in [0.15, 0.2) is 4.79 Å². The summed E-state index contributed by atoms with van der Waals surface area (Å²) < 4.78 is 5.30. The van der Waals surface area contributed by atoms with Crippen molar-refractivity contribution in [2.24, 2.45) is 0 Å². The number of nitrogens with one attached hydrogen (secondary N) is 1. The third-order valence-corrected chi connectivity index (χ3v) is 4.72. The first kappa shape index (κ1) is 11.3. The highest BCUT2D eigenvalue weighted by atomic mass is 32.2. The van der Waals surface area contributed by atoms with Gasteiger partial charge in [-0.3, -0.25) is 4.79 Å². The van der Waals surface area contributed by atoms with Crippen LogP contribution in [-0.2, 0) is 17.8 Å². The average molecular weight is 252 g/mol. The predicted molar refractivity (Wildman–Crippen MR) is 67.3 cm³/mol. The molecule has 1 atom stereocenters. The topological polar surface area (TPSA) is 55.0 Å². The van der Waals surface area contributed by atoms with Crippen LogP contribution in [0.2, 0.25) is 0 Å². The van der Waals surface area contributed by atoms with Crippen molar-refractivity contribution in [3.05, 3.63) is 27.4 Å². The van der Waals surface area contributed by atoms with Crippen LogP contribution in [0.3, 0.4) is 0 Å². The molecule has 0 spiro atoms. The van der Waals surface area contributed by atoms with Crippen LogP contribution in [0, 0.1) is 0 Å². The monoisotopic (exact) mass is 252 g/mol. The Labute approximate surface area is 104 Å². The van der Waals surface area contributed by atoms with E-state index in [-0.39, 0.29) is 5.56 Å². The second-order valence-electron chi connectivity index (χ2n) is 4.53. The number of H-pyrrole nitrogens is 1. The Morgan fingerprint density at radius 3 is 3.18 bits per heavy atom. The Hall–Kier alpha value is -0.810. The van der Waals surface area contributed by atoms with E-state index >= 15 is 0 Å². The first-order chi connectivity index (χ1) is 8.34. The van der Waals surface area contributed by atoms with Gasteiger partial charge in [-0.1, -0.05) is 6.42 Å². The summed E-state index contributed by atoms with van der Waals surface area (Å²) in [5.74, 6) is 2.05. The maximum Gasteiger partial charge on any atom is 0.256 e. The summed E-state index contributed by atoms with van der Waals surface area (Å²) in [5.41, 5.74) is 1.66. The van der Waals surface area contributed by atoms with Gasteiger partial charge in [0.25, 0.3) is 5.56 Å². The molecule has 3 heterocycles. The van der Waals surface area contributed by atoms with E-state index in [0.29, 0.717) is 18.5 Å². The van der Waals surface area contributed by atoms with Gasteiger partial charge in [0, 0.05) is 6.42 Å². The normalized spacial score (nSPS) is 24.4. The molecule has 0 aromatic carbocycles. The van der Waals surface area contributed by atoms with Gasteiger partial charge in [0.05, 0.1) is 29.7 Å². The Balaban J connectivity index is 1.95. The van der Waals surface area contributed by atoms with Gasteiger partial charge in [-0.15, -0.1) is 0 Å². The molecule has 2 aliphatic rings. The molecule has 0 radical (unpaired) electrons. The van der Waals surface area contributed by atoms with Gasteiger partial charge in [0.15, 0.2) is 0 Å². The molecule has 1 aromatic heterocycles. The fraction of sp³-hybridized carbons (Fsp3) is 0.667. The number of hydrogen-bond acceptors (Lipinski definition) is 4. The van der Waals surface area contributed by atoms with Gasteiger partial charge in [-0.25, -0.2) is 4.98 Å². The molecular formula is C12H16N2O2S. The number of rotatable bonds is 1. The molecule has 0 aliphatic carbocycles. The van der Waals surface area contributed by atoms with E-state index in [0.717, 1.165) is 29.9 Å². The molecule has 1 unspecified atom stereocenters. The molecule has 2 aliphatic heterocycles. The first-order valence-electron chi connectivity index (χ1n) is 6.16. The standard InChI is InChI=1S/C12H16N2O2S/c15-12-8-7-16-5-4-9(8)13-11(14-12)10-3-1-2-6-17-10/h10H,1-7H2,(H,13,14,15). The Morgan fingerprint density at radius 2 is 2.35 bits per heavy atom. The lowest BCUT2D eigenvalue weighted by Crippen LogP contribution is -2.26. The van der Waals surface area contributed by atoms with Crippen molar-refractivity contribution in [3.8, 4) is 0 Å². The minimum Gasteiger partial charge on any atom is -0.376 e. The van der Waals surface area contributed by atoms with Gasteiger partial charge < -0.3 is 9.72 Å². The fourth-order valence-electron chi connectivity index (χ4n) is 2.37. The number of aromatic nitrogens is 2. The Kier molecular flexibility index (Phi) is 3.20. The van der Waals surface area contributed by atoms with Gasteiger partial charge in [0.2, 0.25) is 0 Å². The van der Waals surface area contributed by atoms with E-state index < -0.39 is 0 Å². The zero-order chi connectivity index (χ0) is 11.7. The van der Waals surface area contributed by atoms with Crippen LogP contribution in [0.5, 0.6) is 0 Å². The van der Waals surface area contributed by atoms with E-state index in [9.17, 15) is 4.79 Å². The summed E-state index contributed by atoms with van der Waals surface area (Å²) in [6.45, 7) is 1.09. The number of nitrogens with zero attached hydrogens (tertiary/aromatic N) is 1. The number of aromatic amines is 1. The van der Waals surface area contributed by atoms with Crippen LogP contribution in [0.1, 0.15) is 41.6 Å². The van der Waals surface area contributed by atoms with Crippen LogP contribution >= 0.6 is 11.8 Å². The van der Waals surface area contributed by atoms with Gasteiger partial charge in [-0.2, -0.15) is 11.8 Å². The zero-order valence-corrected chi connectivity index (χ0v) is 10.5. The molecule has 92 valence electrons. The van der Waals surface area contributed by atoms with E-state index in [1.54, 1.807) is 0 Å². The second-order valence-corrected chi connectivity index (χ2v) is 5.84. The quantitative estimate of drug-likeness (QED) is 0.828.